The second-order valence-corrected chi connectivity index (χ2v) is 22.8. The molecule has 3 aliphatic rings. The number of para-hydroxylation sites is 1. The lowest BCUT2D eigenvalue weighted by Gasteiger charge is -2.43. The predicted molar refractivity (Wildman–Crippen MR) is 278 cm³/mol. The first-order chi connectivity index (χ1) is 33.3. The number of pyridine rings is 1. The summed E-state index contributed by atoms with van der Waals surface area (Å²) >= 11 is 3.65. The number of halogens is 1. The summed E-state index contributed by atoms with van der Waals surface area (Å²) in [5, 5.41) is 20.9. The summed E-state index contributed by atoms with van der Waals surface area (Å²) in [6, 6.07) is 17.9. The standard InChI is InChI=1S/C51H64BrN10O6P/c1-6-32-29-40(56-50-53-31-37(52)48(58-50)55-39-17-16-38-36(47(39)69(4,5)66)15-14-34(7-2)54-38)44(67-8-3)30-43(32)61-23-20-35(21-24-61)60-27-25-59(26-28-60)22-10-12-33-11-9-13-41-46(33)68-51(65)62(41)42-18-19-45(63)57-49(42)64/h9,11,13-17,29-31,35,42,45,63H,6-8,10,12,18-28H2,1-5H3,(H,57,64)(H2,53,55,56,58). The topological polar surface area (TPSA) is 183 Å². The van der Waals surface area contributed by atoms with Crippen molar-refractivity contribution in [3.05, 3.63) is 92.6 Å². The van der Waals surface area contributed by atoms with Crippen molar-refractivity contribution >= 4 is 85.1 Å². The third-order valence-corrected chi connectivity index (χ3v) is 16.1. The van der Waals surface area contributed by atoms with E-state index in [4.69, 9.17) is 19.1 Å². The number of hydrogen-bond acceptors (Lipinski definition) is 14. The average molecular weight is 1020 g/mol. The number of ether oxygens (including phenoxy) is 1. The van der Waals surface area contributed by atoms with E-state index in [1.807, 2.05) is 49.4 Å². The Morgan fingerprint density at radius 3 is 2.42 bits per heavy atom. The molecule has 3 saturated heterocycles. The zero-order valence-electron chi connectivity index (χ0n) is 40.3. The van der Waals surface area contributed by atoms with E-state index < -0.39 is 25.2 Å². The lowest BCUT2D eigenvalue weighted by molar-refractivity contribution is -0.130. The normalized spacial score (nSPS) is 18.8. The molecule has 18 heteroatoms. The molecule has 0 radical (unpaired) electrons. The Balaban J connectivity index is 0.806. The molecule has 4 N–H and O–H groups in total. The zero-order valence-corrected chi connectivity index (χ0v) is 42.7. The number of fused-ring (bicyclic) bond motifs is 2. The van der Waals surface area contributed by atoms with Gasteiger partial charge in [-0.1, -0.05) is 32.0 Å². The highest BCUT2D eigenvalue weighted by molar-refractivity contribution is 9.10. The number of piperidine rings is 2. The van der Waals surface area contributed by atoms with Gasteiger partial charge in [0.1, 0.15) is 31.0 Å². The Hall–Kier alpha value is -5.32. The number of aryl methyl sites for hydroxylation is 3. The highest BCUT2D eigenvalue weighted by atomic mass is 79.9. The Bertz CT molecular complexity index is 2940. The van der Waals surface area contributed by atoms with Crippen molar-refractivity contribution in [1.29, 1.82) is 0 Å². The second kappa shape index (κ2) is 21.0. The summed E-state index contributed by atoms with van der Waals surface area (Å²) in [5.74, 6) is 0.785. The number of piperazine rings is 1. The summed E-state index contributed by atoms with van der Waals surface area (Å²) < 4.78 is 27.9. The van der Waals surface area contributed by atoms with Crippen LogP contribution in [0.3, 0.4) is 0 Å². The Morgan fingerprint density at radius 1 is 0.899 bits per heavy atom. The van der Waals surface area contributed by atoms with Crippen LogP contribution in [0.5, 0.6) is 5.75 Å². The van der Waals surface area contributed by atoms with E-state index in [1.54, 1.807) is 19.5 Å². The third-order valence-electron chi connectivity index (χ3n) is 13.9. The van der Waals surface area contributed by atoms with E-state index in [0.717, 1.165) is 123 Å². The zero-order chi connectivity index (χ0) is 48.4. The molecule has 3 aromatic carbocycles. The van der Waals surface area contributed by atoms with Gasteiger partial charge < -0.3 is 44.6 Å². The van der Waals surface area contributed by atoms with Crippen molar-refractivity contribution in [3.63, 3.8) is 0 Å². The third kappa shape index (κ3) is 10.6. The summed E-state index contributed by atoms with van der Waals surface area (Å²) in [7, 11) is -2.74. The molecule has 2 unspecified atom stereocenters. The van der Waals surface area contributed by atoms with Crippen LogP contribution in [-0.2, 0) is 28.6 Å². The van der Waals surface area contributed by atoms with Gasteiger partial charge in [0, 0.05) is 79.6 Å². The molecule has 9 rings (SSSR count). The number of rotatable bonds is 16. The molecule has 0 bridgehead atoms. The van der Waals surface area contributed by atoms with Crippen molar-refractivity contribution in [1.82, 2.24) is 34.6 Å². The quantitative estimate of drug-likeness (QED) is 0.0686. The van der Waals surface area contributed by atoms with Crippen molar-refractivity contribution < 1.29 is 23.6 Å². The van der Waals surface area contributed by atoms with Gasteiger partial charge in [-0.2, -0.15) is 4.98 Å². The average Bonchev–Trinajstić information content (AvgIpc) is 3.68. The number of carbonyl (C=O) groups excluding carboxylic acids is 1. The summed E-state index contributed by atoms with van der Waals surface area (Å²) in [6.45, 7) is 17.3. The summed E-state index contributed by atoms with van der Waals surface area (Å²) in [6.07, 6.45) is 7.15. The van der Waals surface area contributed by atoms with Crippen molar-refractivity contribution in [2.45, 2.75) is 90.4 Å². The minimum Gasteiger partial charge on any atom is -0.492 e. The van der Waals surface area contributed by atoms with Crippen LogP contribution in [0.2, 0.25) is 0 Å². The van der Waals surface area contributed by atoms with Crippen molar-refractivity contribution in [3.8, 4) is 5.75 Å². The molecule has 1 amide bonds. The number of aromatic nitrogens is 4. The number of carbonyl (C=O) groups is 1. The molecule has 16 nitrogen and oxygen atoms in total. The molecular formula is C51H64BrN10O6P. The van der Waals surface area contributed by atoms with Gasteiger partial charge >= 0.3 is 5.76 Å². The fraction of sp³-hybridized carbons (Fsp3) is 0.471. The Labute approximate surface area is 411 Å². The van der Waals surface area contributed by atoms with Crippen LogP contribution in [0, 0.1) is 0 Å². The van der Waals surface area contributed by atoms with Gasteiger partial charge in [-0.05, 0) is 136 Å². The van der Waals surface area contributed by atoms with E-state index in [0.29, 0.717) is 58.5 Å². The number of aliphatic hydroxyl groups excluding tert-OH is 1. The number of nitrogens with zero attached hydrogens (tertiary/aromatic N) is 7. The van der Waals surface area contributed by atoms with Gasteiger partial charge in [0.2, 0.25) is 11.9 Å². The highest BCUT2D eigenvalue weighted by Crippen LogP contribution is 2.42. The lowest BCUT2D eigenvalue weighted by Crippen LogP contribution is -2.53. The lowest BCUT2D eigenvalue weighted by atomic mass is 9.99. The maximum atomic E-state index is 13.8. The number of hydrogen-bond donors (Lipinski definition) is 4. The van der Waals surface area contributed by atoms with Crippen LogP contribution in [0.25, 0.3) is 22.0 Å². The number of amides is 1. The summed E-state index contributed by atoms with van der Waals surface area (Å²) in [4.78, 5) is 47.6. The smallest absolute Gasteiger partial charge is 0.420 e. The maximum Gasteiger partial charge on any atom is 0.420 e. The van der Waals surface area contributed by atoms with Crippen LogP contribution in [-0.4, -0.2) is 118 Å². The number of aliphatic hydroxyl groups is 1. The molecule has 3 fully saturated rings. The minimum absolute atomic E-state index is 0.363. The molecule has 0 saturated carbocycles. The maximum absolute atomic E-state index is 13.8. The van der Waals surface area contributed by atoms with Crippen LogP contribution < -0.4 is 36.6 Å². The summed E-state index contributed by atoms with van der Waals surface area (Å²) in [5.41, 5.74) is 7.89. The molecule has 6 heterocycles. The number of benzene rings is 3. The number of nitrogens with one attached hydrogen (secondary N) is 3. The first-order valence-corrected chi connectivity index (χ1v) is 27.9. The molecular weight excluding hydrogens is 960 g/mol. The van der Waals surface area contributed by atoms with E-state index in [-0.39, 0.29) is 5.91 Å². The Morgan fingerprint density at radius 2 is 1.70 bits per heavy atom. The predicted octanol–water partition coefficient (Wildman–Crippen LogP) is 7.94. The van der Waals surface area contributed by atoms with Crippen LogP contribution in [0.4, 0.5) is 28.8 Å². The molecule has 2 atom stereocenters. The number of oxazole rings is 1. The molecule has 0 aliphatic carbocycles. The molecule has 366 valence electrons. The van der Waals surface area contributed by atoms with E-state index in [2.05, 4.69) is 77.5 Å². The molecule has 3 aromatic heterocycles. The highest BCUT2D eigenvalue weighted by Gasteiger charge is 2.33. The van der Waals surface area contributed by atoms with Gasteiger partial charge in [0.25, 0.3) is 0 Å². The van der Waals surface area contributed by atoms with Gasteiger partial charge in [-0.15, -0.1) is 0 Å². The van der Waals surface area contributed by atoms with E-state index in [9.17, 15) is 19.3 Å². The Kier molecular flexibility index (Phi) is 14.8. The van der Waals surface area contributed by atoms with Crippen molar-refractivity contribution in [2.24, 2.45) is 0 Å². The van der Waals surface area contributed by atoms with Crippen LogP contribution in [0.1, 0.15) is 75.7 Å². The largest absolute Gasteiger partial charge is 0.492 e. The number of anilines is 5. The van der Waals surface area contributed by atoms with E-state index in [1.165, 1.54) is 15.8 Å². The first-order valence-electron chi connectivity index (χ1n) is 24.5. The van der Waals surface area contributed by atoms with Gasteiger partial charge in [-0.25, -0.2) is 9.78 Å². The molecule has 0 spiro atoms. The van der Waals surface area contributed by atoms with Crippen LogP contribution in [0.15, 0.2) is 74.5 Å². The minimum atomic E-state index is -2.74. The van der Waals surface area contributed by atoms with Crippen molar-refractivity contribution in [2.75, 3.05) is 81.3 Å². The first kappa shape index (κ1) is 48.7. The van der Waals surface area contributed by atoms with Crippen LogP contribution >= 0.6 is 23.1 Å². The van der Waals surface area contributed by atoms with E-state index >= 15 is 0 Å². The fourth-order valence-electron chi connectivity index (χ4n) is 10.4. The fourth-order valence-corrected chi connectivity index (χ4v) is 12.2. The van der Waals surface area contributed by atoms with Gasteiger partial charge in [-0.3, -0.25) is 19.2 Å². The monoisotopic (exact) mass is 1020 g/mol. The second-order valence-electron chi connectivity index (χ2n) is 18.8. The SMILES string of the molecule is CCOc1cc(N2CCC(N3CCN(CCCc4cccc5c4oc(=O)n5C4CCC(O)NC4=O)CC3)CC2)c(CC)cc1Nc1ncc(Br)c(Nc2ccc3nc(CC)ccc3c2P(C)(C)=O)n1. The molecule has 6 aromatic rings. The van der Waals surface area contributed by atoms with Gasteiger partial charge in [0.15, 0.2) is 5.58 Å². The molecule has 69 heavy (non-hydrogen) atoms. The molecule has 3 aliphatic heterocycles. The van der Waals surface area contributed by atoms with Gasteiger partial charge in [0.05, 0.1) is 33.5 Å².